The van der Waals surface area contributed by atoms with E-state index in [1.807, 2.05) is 6.07 Å². The molecule has 1 aromatic carbocycles. The molecule has 1 amide bonds. The molecular formula is C19H23NO3. The van der Waals surface area contributed by atoms with E-state index in [-0.39, 0.29) is 17.2 Å². The van der Waals surface area contributed by atoms with E-state index in [0.717, 1.165) is 48.8 Å². The fourth-order valence-electron chi connectivity index (χ4n) is 5.57. The average Bonchev–Trinajstić information content (AvgIpc) is 2.47. The maximum atomic E-state index is 11.7. The highest BCUT2D eigenvalue weighted by Gasteiger charge is 2.62. The molecule has 0 saturated heterocycles. The summed E-state index contributed by atoms with van der Waals surface area (Å²) in [5, 5.41) is 22.4. The Morgan fingerprint density at radius 3 is 2.87 bits per heavy atom. The van der Waals surface area contributed by atoms with E-state index in [9.17, 15) is 15.0 Å². The predicted molar refractivity (Wildman–Crippen MR) is 87.3 cm³/mol. The van der Waals surface area contributed by atoms with Crippen molar-refractivity contribution in [1.82, 2.24) is 0 Å². The number of amides is 1. The maximum Gasteiger partial charge on any atom is 0.252 e. The van der Waals surface area contributed by atoms with Crippen LogP contribution in [0.1, 0.15) is 60.0 Å². The van der Waals surface area contributed by atoms with Crippen LogP contribution in [0.3, 0.4) is 0 Å². The lowest BCUT2D eigenvalue weighted by Gasteiger charge is -2.61. The van der Waals surface area contributed by atoms with Gasteiger partial charge in [-0.2, -0.15) is 0 Å². The van der Waals surface area contributed by atoms with Crippen molar-refractivity contribution in [3.05, 3.63) is 41.0 Å². The Labute approximate surface area is 136 Å². The number of aliphatic hydroxyl groups is 1. The van der Waals surface area contributed by atoms with Gasteiger partial charge in [0.25, 0.3) is 5.91 Å². The largest absolute Gasteiger partial charge is 0.507 e. The highest BCUT2D eigenvalue weighted by molar-refractivity contribution is 5.96. The van der Waals surface area contributed by atoms with Crippen molar-refractivity contribution < 1.29 is 15.0 Å². The average molecular weight is 313 g/mol. The van der Waals surface area contributed by atoms with Crippen molar-refractivity contribution in [2.45, 2.75) is 56.0 Å². The number of hydrogen-bond acceptors (Lipinski definition) is 3. The summed E-state index contributed by atoms with van der Waals surface area (Å²) < 4.78 is 0. The lowest BCUT2D eigenvalue weighted by atomic mass is 9.45. The summed E-state index contributed by atoms with van der Waals surface area (Å²) in [6.45, 7) is 4.15. The molecule has 4 nitrogen and oxygen atoms in total. The molecule has 0 radical (unpaired) electrons. The minimum atomic E-state index is -0.812. The van der Waals surface area contributed by atoms with Gasteiger partial charge in [-0.25, -0.2) is 0 Å². The second-order valence-corrected chi connectivity index (χ2v) is 7.59. The third kappa shape index (κ3) is 1.73. The Morgan fingerprint density at radius 1 is 1.35 bits per heavy atom. The van der Waals surface area contributed by atoms with E-state index in [1.165, 1.54) is 0 Å². The monoisotopic (exact) mass is 313 g/mol. The molecule has 4 N–H and O–H groups in total. The molecular weight excluding hydrogens is 290 g/mol. The van der Waals surface area contributed by atoms with E-state index in [1.54, 1.807) is 6.07 Å². The first-order chi connectivity index (χ1) is 10.9. The molecule has 4 rings (SSSR count). The molecule has 0 aliphatic heterocycles. The predicted octanol–water partition coefficient (Wildman–Crippen LogP) is 2.56. The topological polar surface area (TPSA) is 83.5 Å². The zero-order chi connectivity index (χ0) is 16.4. The van der Waals surface area contributed by atoms with E-state index in [4.69, 9.17) is 5.73 Å². The van der Waals surface area contributed by atoms with Gasteiger partial charge in [-0.05, 0) is 56.1 Å². The number of nitrogens with two attached hydrogens (primary N) is 1. The molecule has 2 fully saturated rings. The number of benzene rings is 1. The molecule has 3 aliphatic carbocycles. The Hall–Kier alpha value is -1.81. The number of hydrogen-bond donors (Lipinski definition) is 3. The smallest absolute Gasteiger partial charge is 0.252 e. The van der Waals surface area contributed by atoms with Crippen LogP contribution in [0, 0.1) is 5.92 Å². The van der Waals surface area contributed by atoms with Crippen LogP contribution >= 0.6 is 0 Å². The molecule has 3 atom stereocenters. The Kier molecular flexibility index (Phi) is 2.95. The molecule has 0 heterocycles. The SMILES string of the molecule is C=C1CC[C@@]2(O)[C@@H]3CCC[C@@]2(C1)c1c(ccc(C(N)=O)c1O)C3. The number of aromatic hydroxyl groups is 1. The minimum absolute atomic E-state index is 0.0246. The molecule has 3 aliphatic rings. The van der Waals surface area contributed by atoms with Gasteiger partial charge in [0.15, 0.2) is 0 Å². The van der Waals surface area contributed by atoms with Crippen molar-refractivity contribution >= 4 is 5.91 Å². The van der Waals surface area contributed by atoms with Crippen molar-refractivity contribution in [3.63, 3.8) is 0 Å². The second kappa shape index (κ2) is 4.60. The number of phenols is 1. The van der Waals surface area contributed by atoms with Gasteiger partial charge >= 0.3 is 0 Å². The molecule has 4 heteroatoms. The molecule has 0 spiro atoms. The number of allylic oxidation sites excluding steroid dienone is 1. The van der Waals surface area contributed by atoms with Gasteiger partial charge in [0.1, 0.15) is 5.75 Å². The molecule has 23 heavy (non-hydrogen) atoms. The zero-order valence-electron chi connectivity index (χ0n) is 13.3. The van der Waals surface area contributed by atoms with Gasteiger partial charge in [0.05, 0.1) is 11.2 Å². The summed E-state index contributed by atoms with van der Waals surface area (Å²) in [5.74, 6) is -0.433. The van der Waals surface area contributed by atoms with Crippen LogP contribution in [-0.2, 0) is 11.8 Å². The standard InChI is InChI=1S/C19H23NO3/c1-11-6-8-19(23)13-3-2-7-18(19,10-11)15-12(9-13)4-5-14(16(15)21)17(20)22/h4-5,13,21,23H,1-3,6-10H2,(H2,20,22)/t13-,18-,19-/m1/s1. The van der Waals surface area contributed by atoms with Crippen molar-refractivity contribution in [2.75, 3.05) is 0 Å². The summed E-state index contributed by atoms with van der Waals surface area (Å²) >= 11 is 0. The number of primary amides is 1. The summed E-state index contributed by atoms with van der Waals surface area (Å²) in [5.41, 5.74) is 7.17. The fraction of sp³-hybridized carbons (Fsp3) is 0.526. The first-order valence-electron chi connectivity index (χ1n) is 8.43. The Morgan fingerprint density at radius 2 is 2.13 bits per heavy atom. The molecule has 0 unspecified atom stereocenters. The van der Waals surface area contributed by atoms with Gasteiger partial charge in [-0.1, -0.05) is 24.6 Å². The molecule has 2 saturated carbocycles. The van der Waals surface area contributed by atoms with Crippen LogP contribution in [0.25, 0.3) is 0 Å². The highest BCUT2D eigenvalue weighted by Crippen LogP contribution is 2.63. The third-order valence-electron chi connectivity index (χ3n) is 6.55. The normalized spacial score (nSPS) is 35.3. The van der Waals surface area contributed by atoms with Crippen LogP contribution in [0.4, 0.5) is 0 Å². The number of carbonyl (C=O) groups excluding carboxylic acids is 1. The van der Waals surface area contributed by atoms with Crippen LogP contribution in [0.5, 0.6) is 5.75 Å². The quantitative estimate of drug-likeness (QED) is 0.697. The van der Waals surface area contributed by atoms with E-state index in [0.29, 0.717) is 12.8 Å². The maximum absolute atomic E-state index is 11.7. The second-order valence-electron chi connectivity index (χ2n) is 7.59. The molecule has 2 bridgehead atoms. The van der Waals surface area contributed by atoms with Gasteiger partial charge < -0.3 is 15.9 Å². The fourth-order valence-corrected chi connectivity index (χ4v) is 5.57. The minimum Gasteiger partial charge on any atom is -0.507 e. The van der Waals surface area contributed by atoms with E-state index >= 15 is 0 Å². The van der Waals surface area contributed by atoms with Crippen molar-refractivity contribution in [3.8, 4) is 5.75 Å². The van der Waals surface area contributed by atoms with E-state index < -0.39 is 16.9 Å². The van der Waals surface area contributed by atoms with Gasteiger partial charge in [0, 0.05) is 11.0 Å². The summed E-state index contributed by atoms with van der Waals surface area (Å²) in [7, 11) is 0. The Bertz CT molecular complexity index is 726. The lowest BCUT2D eigenvalue weighted by Crippen LogP contribution is -2.63. The van der Waals surface area contributed by atoms with Gasteiger partial charge in [-0.15, -0.1) is 0 Å². The van der Waals surface area contributed by atoms with Gasteiger partial charge in [0.2, 0.25) is 0 Å². The number of rotatable bonds is 1. The van der Waals surface area contributed by atoms with Crippen LogP contribution in [-0.4, -0.2) is 21.7 Å². The molecule has 1 aromatic rings. The Balaban J connectivity index is 2.02. The number of fused-ring (bicyclic) bond motifs is 1. The lowest BCUT2D eigenvalue weighted by molar-refractivity contribution is -0.137. The van der Waals surface area contributed by atoms with Gasteiger partial charge in [-0.3, -0.25) is 4.79 Å². The molecule has 122 valence electrons. The van der Waals surface area contributed by atoms with Crippen LogP contribution < -0.4 is 5.73 Å². The van der Waals surface area contributed by atoms with Crippen LogP contribution in [0.15, 0.2) is 24.3 Å². The summed E-state index contributed by atoms with van der Waals surface area (Å²) in [6.07, 6.45) is 5.83. The zero-order valence-corrected chi connectivity index (χ0v) is 13.3. The van der Waals surface area contributed by atoms with Crippen molar-refractivity contribution in [1.29, 1.82) is 0 Å². The number of carbonyl (C=O) groups is 1. The van der Waals surface area contributed by atoms with Crippen molar-refractivity contribution in [2.24, 2.45) is 11.7 Å². The first-order valence-corrected chi connectivity index (χ1v) is 8.43. The highest BCUT2D eigenvalue weighted by atomic mass is 16.3. The summed E-state index contributed by atoms with van der Waals surface area (Å²) in [6, 6.07) is 3.52. The summed E-state index contributed by atoms with van der Waals surface area (Å²) in [4.78, 5) is 11.7. The van der Waals surface area contributed by atoms with E-state index in [2.05, 4.69) is 6.58 Å². The van der Waals surface area contributed by atoms with Crippen LogP contribution in [0.2, 0.25) is 0 Å². The molecule has 0 aromatic heterocycles. The third-order valence-corrected chi connectivity index (χ3v) is 6.55. The first kappa shape index (κ1) is 14.8.